The Hall–Kier alpha value is -1.30. The quantitative estimate of drug-likeness (QED) is 0.723. The Labute approximate surface area is 113 Å². The molecule has 106 valence electrons. The topological polar surface area (TPSA) is 73.9 Å². The van der Waals surface area contributed by atoms with Crippen LogP contribution in [0.5, 0.6) is 5.75 Å². The van der Waals surface area contributed by atoms with Gasteiger partial charge in [0.05, 0.1) is 25.5 Å². The maximum absolute atomic E-state index is 9.75. The Kier molecular flexibility index (Phi) is 5.44. The van der Waals surface area contributed by atoms with Crippen LogP contribution in [-0.2, 0) is 9.47 Å². The molecule has 0 saturated carbocycles. The second-order valence-corrected chi connectivity index (χ2v) is 4.77. The SMILES string of the molecule is Nc1ccccc1OCC(O)COCC1CCOC1. The van der Waals surface area contributed by atoms with E-state index >= 15 is 0 Å². The molecule has 1 fully saturated rings. The number of rotatable bonds is 7. The third-order valence-electron chi connectivity index (χ3n) is 3.04. The van der Waals surface area contributed by atoms with Gasteiger partial charge in [-0.3, -0.25) is 0 Å². The minimum absolute atomic E-state index is 0.176. The van der Waals surface area contributed by atoms with Gasteiger partial charge in [0.1, 0.15) is 18.5 Å². The summed E-state index contributed by atoms with van der Waals surface area (Å²) in [5.41, 5.74) is 6.31. The Morgan fingerprint density at radius 2 is 2.21 bits per heavy atom. The van der Waals surface area contributed by atoms with Crippen LogP contribution in [0.25, 0.3) is 0 Å². The summed E-state index contributed by atoms with van der Waals surface area (Å²) >= 11 is 0. The summed E-state index contributed by atoms with van der Waals surface area (Å²) in [5, 5.41) is 9.75. The second-order valence-electron chi connectivity index (χ2n) is 4.77. The van der Waals surface area contributed by atoms with E-state index < -0.39 is 6.10 Å². The zero-order valence-corrected chi connectivity index (χ0v) is 11.0. The molecular formula is C14H21NO4. The second kappa shape index (κ2) is 7.33. The Balaban J connectivity index is 1.61. The number of para-hydroxylation sites is 2. The van der Waals surface area contributed by atoms with Gasteiger partial charge in [-0.05, 0) is 18.6 Å². The Morgan fingerprint density at radius 3 is 2.95 bits per heavy atom. The van der Waals surface area contributed by atoms with Crippen LogP contribution in [0, 0.1) is 5.92 Å². The van der Waals surface area contributed by atoms with Gasteiger partial charge < -0.3 is 25.1 Å². The zero-order valence-electron chi connectivity index (χ0n) is 11.0. The van der Waals surface area contributed by atoms with Crippen LogP contribution in [0.1, 0.15) is 6.42 Å². The molecule has 3 N–H and O–H groups in total. The number of hydrogen-bond acceptors (Lipinski definition) is 5. The van der Waals surface area contributed by atoms with E-state index in [2.05, 4.69) is 0 Å². The van der Waals surface area contributed by atoms with Crippen molar-refractivity contribution in [1.82, 2.24) is 0 Å². The van der Waals surface area contributed by atoms with Crippen molar-refractivity contribution in [3.05, 3.63) is 24.3 Å². The highest BCUT2D eigenvalue weighted by atomic mass is 16.5. The lowest BCUT2D eigenvalue weighted by atomic mass is 10.1. The predicted molar refractivity (Wildman–Crippen MR) is 72.1 cm³/mol. The molecule has 1 aromatic carbocycles. The summed E-state index contributed by atoms with van der Waals surface area (Å²) in [6.45, 7) is 2.64. The first-order valence-electron chi connectivity index (χ1n) is 6.56. The van der Waals surface area contributed by atoms with E-state index in [1.54, 1.807) is 12.1 Å². The average molecular weight is 267 g/mol. The highest BCUT2D eigenvalue weighted by Gasteiger charge is 2.16. The molecule has 1 aliphatic heterocycles. The Morgan fingerprint density at radius 1 is 1.37 bits per heavy atom. The van der Waals surface area contributed by atoms with Gasteiger partial charge in [0.25, 0.3) is 0 Å². The molecule has 5 nitrogen and oxygen atoms in total. The van der Waals surface area contributed by atoms with E-state index in [0.29, 0.717) is 24.0 Å². The highest BCUT2D eigenvalue weighted by molar-refractivity contribution is 5.51. The normalized spacial score (nSPS) is 20.4. The zero-order chi connectivity index (χ0) is 13.5. The monoisotopic (exact) mass is 267 g/mol. The number of hydrogen-bond donors (Lipinski definition) is 2. The number of nitrogens with two attached hydrogens (primary N) is 1. The lowest BCUT2D eigenvalue weighted by Gasteiger charge is -2.15. The van der Waals surface area contributed by atoms with Crippen LogP contribution in [0.3, 0.4) is 0 Å². The van der Waals surface area contributed by atoms with Crippen molar-refractivity contribution in [2.75, 3.05) is 38.8 Å². The molecule has 1 heterocycles. The fraction of sp³-hybridized carbons (Fsp3) is 0.571. The van der Waals surface area contributed by atoms with Crippen LogP contribution in [0.2, 0.25) is 0 Å². The van der Waals surface area contributed by atoms with Crippen molar-refractivity contribution >= 4 is 5.69 Å². The summed E-state index contributed by atoms with van der Waals surface area (Å²) in [7, 11) is 0. The molecular weight excluding hydrogens is 246 g/mol. The van der Waals surface area contributed by atoms with E-state index in [9.17, 15) is 5.11 Å². The molecule has 0 amide bonds. The maximum Gasteiger partial charge on any atom is 0.142 e. The summed E-state index contributed by atoms with van der Waals surface area (Å²) in [6, 6.07) is 7.22. The third kappa shape index (κ3) is 4.70. The van der Waals surface area contributed by atoms with Crippen molar-refractivity contribution in [1.29, 1.82) is 0 Å². The first-order chi connectivity index (χ1) is 9.25. The minimum atomic E-state index is -0.651. The van der Waals surface area contributed by atoms with Crippen LogP contribution >= 0.6 is 0 Å². The van der Waals surface area contributed by atoms with Gasteiger partial charge in [-0.2, -0.15) is 0 Å². The number of nitrogen functional groups attached to an aromatic ring is 1. The largest absolute Gasteiger partial charge is 0.489 e. The standard InChI is InChI=1S/C14H21NO4/c15-13-3-1-2-4-14(13)19-10-12(16)9-18-8-11-5-6-17-7-11/h1-4,11-12,16H,5-10,15H2. The summed E-state index contributed by atoms with van der Waals surface area (Å²) in [4.78, 5) is 0. The molecule has 2 unspecified atom stereocenters. The highest BCUT2D eigenvalue weighted by Crippen LogP contribution is 2.19. The van der Waals surface area contributed by atoms with Crippen LogP contribution < -0.4 is 10.5 Å². The van der Waals surface area contributed by atoms with Crippen LogP contribution in [0.4, 0.5) is 5.69 Å². The van der Waals surface area contributed by atoms with Crippen molar-refractivity contribution in [2.24, 2.45) is 5.92 Å². The van der Waals surface area contributed by atoms with Crippen LogP contribution in [0.15, 0.2) is 24.3 Å². The molecule has 5 heteroatoms. The lowest BCUT2D eigenvalue weighted by Crippen LogP contribution is -2.25. The molecule has 0 aromatic heterocycles. The molecule has 1 aromatic rings. The van der Waals surface area contributed by atoms with Gasteiger partial charge in [-0.25, -0.2) is 0 Å². The van der Waals surface area contributed by atoms with E-state index in [0.717, 1.165) is 19.6 Å². The molecule has 2 atom stereocenters. The average Bonchev–Trinajstić information content (AvgIpc) is 2.91. The number of ether oxygens (including phenoxy) is 3. The fourth-order valence-electron chi connectivity index (χ4n) is 1.93. The van der Waals surface area contributed by atoms with E-state index in [1.807, 2.05) is 12.1 Å². The molecule has 0 spiro atoms. The smallest absolute Gasteiger partial charge is 0.142 e. The first-order valence-corrected chi connectivity index (χ1v) is 6.56. The van der Waals surface area contributed by atoms with Crippen molar-refractivity contribution < 1.29 is 19.3 Å². The van der Waals surface area contributed by atoms with Gasteiger partial charge in [0, 0.05) is 12.5 Å². The fourth-order valence-corrected chi connectivity index (χ4v) is 1.93. The number of aliphatic hydroxyl groups excluding tert-OH is 1. The van der Waals surface area contributed by atoms with E-state index in [1.165, 1.54) is 0 Å². The van der Waals surface area contributed by atoms with Crippen molar-refractivity contribution in [3.63, 3.8) is 0 Å². The molecule has 1 saturated heterocycles. The molecule has 0 aliphatic carbocycles. The maximum atomic E-state index is 9.75. The molecule has 1 aliphatic rings. The van der Waals surface area contributed by atoms with E-state index in [4.69, 9.17) is 19.9 Å². The molecule has 0 radical (unpaired) electrons. The first kappa shape index (κ1) is 14.1. The third-order valence-corrected chi connectivity index (χ3v) is 3.04. The van der Waals surface area contributed by atoms with Gasteiger partial charge in [0.15, 0.2) is 0 Å². The van der Waals surface area contributed by atoms with Crippen molar-refractivity contribution in [2.45, 2.75) is 12.5 Å². The number of aliphatic hydroxyl groups is 1. The Bertz CT molecular complexity index is 379. The summed E-state index contributed by atoms with van der Waals surface area (Å²) < 4.78 is 16.2. The molecule has 0 bridgehead atoms. The minimum Gasteiger partial charge on any atom is -0.489 e. The molecule has 2 rings (SSSR count). The van der Waals surface area contributed by atoms with Gasteiger partial charge in [-0.1, -0.05) is 12.1 Å². The van der Waals surface area contributed by atoms with E-state index in [-0.39, 0.29) is 13.2 Å². The number of benzene rings is 1. The van der Waals surface area contributed by atoms with Gasteiger partial charge >= 0.3 is 0 Å². The van der Waals surface area contributed by atoms with Crippen molar-refractivity contribution in [3.8, 4) is 5.75 Å². The molecule has 19 heavy (non-hydrogen) atoms. The van der Waals surface area contributed by atoms with Gasteiger partial charge in [0.2, 0.25) is 0 Å². The van der Waals surface area contributed by atoms with Crippen LogP contribution in [-0.4, -0.2) is 44.2 Å². The lowest BCUT2D eigenvalue weighted by molar-refractivity contribution is -0.000430. The van der Waals surface area contributed by atoms with Gasteiger partial charge in [-0.15, -0.1) is 0 Å². The predicted octanol–water partition coefficient (Wildman–Crippen LogP) is 1.06. The summed E-state index contributed by atoms with van der Waals surface area (Å²) in [5.74, 6) is 1.05. The summed E-state index contributed by atoms with van der Waals surface area (Å²) in [6.07, 6.45) is 0.384. The number of anilines is 1.